The van der Waals surface area contributed by atoms with Crippen LogP contribution in [0.1, 0.15) is 143 Å². The molecule has 0 aliphatic carbocycles. The molecule has 0 aromatic carbocycles. The Balaban J connectivity index is 4.75. The molecule has 0 heterocycles. The third-order valence-electron chi connectivity index (χ3n) is 7.19. The van der Waals surface area contributed by atoms with Gasteiger partial charge in [0.25, 0.3) is 0 Å². The molecule has 0 atom stereocenters. The van der Waals surface area contributed by atoms with Crippen LogP contribution in [0.4, 0.5) is 0 Å². The Labute approximate surface area is 206 Å². The minimum absolute atomic E-state index is 0.0840. The monoisotopic (exact) mass is 488 g/mol. The molecule has 0 rings (SSSR count). The van der Waals surface area contributed by atoms with E-state index in [1.54, 1.807) is 0 Å². The van der Waals surface area contributed by atoms with Crippen molar-refractivity contribution in [2.75, 3.05) is 24.6 Å². The molecular weight excluding hydrogens is 431 g/mol. The van der Waals surface area contributed by atoms with E-state index in [2.05, 4.69) is 27.7 Å². The number of aliphatic carboxylic acids is 1. The molecule has 0 fully saturated rings. The summed E-state index contributed by atoms with van der Waals surface area (Å²) in [6, 6.07) is 0. The van der Waals surface area contributed by atoms with Crippen molar-refractivity contribution >= 4 is 18.8 Å². The third-order valence-corrected chi connectivity index (χ3v) is 13.7. The topological polar surface area (TPSA) is 63.6 Å². The van der Waals surface area contributed by atoms with Gasteiger partial charge in [-0.2, -0.15) is 0 Å². The minimum atomic E-state index is -2.48. The van der Waals surface area contributed by atoms with Crippen molar-refractivity contribution in [2.45, 2.75) is 143 Å². The van der Waals surface area contributed by atoms with E-state index >= 15 is 0 Å². The van der Waals surface area contributed by atoms with E-state index in [9.17, 15) is 9.59 Å². The number of hydrogen-bond acceptors (Lipinski definition) is 3. The van der Waals surface area contributed by atoms with Crippen LogP contribution in [-0.4, -0.2) is 41.7 Å². The fourth-order valence-corrected chi connectivity index (χ4v) is 11.9. The number of carboxylic acid groups (broad SMARTS) is 1. The summed E-state index contributed by atoms with van der Waals surface area (Å²) < 4.78 is 6.77. The molecular formula is C28H57O4P. The molecule has 4 nitrogen and oxygen atoms in total. The van der Waals surface area contributed by atoms with Crippen LogP contribution in [0.25, 0.3) is 0 Å². The summed E-state index contributed by atoms with van der Waals surface area (Å²) in [6.07, 6.45) is 23.4. The molecule has 0 saturated carbocycles. The van der Waals surface area contributed by atoms with Crippen LogP contribution in [0.5, 0.6) is 0 Å². The number of unbranched alkanes of at least 4 members (excludes halogenated alkanes) is 11. The average Bonchev–Trinajstić information content (AvgIpc) is 2.80. The van der Waals surface area contributed by atoms with Crippen molar-refractivity contribution in [3.8, 4) is 0 Å². The van der Waals surface area contributed by atoms with E-state index in [0.717, 1.165) is 63.2 Å². The Morgan fingerprint density at radius 3 is 1.21 bits per heavy atom. The maximum atomic E-state index is 13.1. The van der Waals surface area contributed by atoms with Crippen molar-refractivity contribution in [3.05, 3.63) is 0 Å². The summed E-state index contributed by atoms with van der Waals surface area (Å²) in [5.74, 6) is -0.606. The first-order chi connectivity index (χ1) is 15.9. The SMILES string of the molecule is CCCCP(CCCC)(CCCC)(CCCC)OC(=O)CCCCCCCCCCC(=O)O. The first kappa shape index (κ1) is 32.4. The minimum Gasteiger partial charge on any atom is -0.481 e. The van der Waals surface area contributed by atoms with Crippen molar-refractivity contribution in [2.24, 2.45) is 0 Å². The molecule has 0 spiro atoms. The molecule has 198 valence electrons. The van der Waals surface area contributed by atoms with Crippen LogP contribution in [0.3, 0.4) is 0 Å². The quantitative estimate of drug-likeness (QED) is 0.109. The van der Waals surface area contributed by atoms with Crippen molar-refractivity contribution in [1.82, 2.24) is 0 Å². The van der Waals surface area contributed by atoms with Crippen LogP contribution in [0.2, 0.25) is 0 Å². The molecule has 1 N–H and O–H groups in total. The van der Waals surface area contributed by atoms with Gasteiger partial charge in [-0.15, -0.1) is 0 Å². The molecule has 0 aliphatic heterocycles. The van der Waals surface area contributed by atoms with E-state index in [0.29, 0.717) is 12.8 Å². The van der Waals surface area contributed by atoms with Gasteiger partial charge in [0.05, 0.1) is 0 Å². The summed E-state index contributed by atoms with van der Waals surface area (Å²) in [5, 5.41) is 8.68. The van der Waals surface area contributed by atoms with Crippen molar-refractivity contribution < 1.29 is 19.2 Å². The van der Waals surface area contributed by atoms with Crippen LogP contribution in [0, 0.1) is 0 Å². The number of carbonyl (C=O) groups excluding carboxylic acids is 1. The van der Waals surface area contributed by atoms with Crippen LogP contribution < -0.4 is 0 Å². The summed E-state index contributed by atoms with van der Waals surface area (Å²) in [7, 11) is 0. The Morgan fingerprint density at radius 2 is 0.879 bits per heavy atom. The number of hydrogen-bond donors (Lipinski definition) is 1. The third kappa shape index (κ3) is 15.1. The van der Waals surface area contributed by atoms with Crippen molar-refractivity contribution in [1.29, 1.82) is 0 Å². The Hall–Kier alpha value is -0.630. The molecule has 0 amide bonds. The summed E-state index contributed by atoms with van der Waals surface area (Å²) in [5.41, 5.74) is 0. The predicted octanol–water partition coefficient (Wildman–Crippen LogP) is 9.18. The number of carboxylic acids is 1. The zero-order chi connectivity index (χ0) is 24.9. The zero-order valence-electron chi connectivity index (χ0n) is 22.7. The van der Waals surface area contributed by atoms with Gasteiger partial charge in [-0.05, 0) is 0 Å². The van der Waals surface area contributed by atoms with Crippen LogP contribution in [-0.2, 0) is 14.1 Å². The molecule has 33 heavy (non-hydrogen) atoms. The van der Waals surface area contributed by atoms with Gasteiger partial charge in [0, 0.05) is 0 Å². The Morgan fingerprint density at radius 1 is 0.545 bits per heavy atom. The van der Waals surface area contributed by atoms with Gasteiger partial charge in [0.15, 0.2) is 0 Å². The van der Waals surface area contributed by atoms with Gasteiger partial charge in [0.2, 0.25) is 0 Å². The first-order valence-electron chi connectivity index (χ1n) is 14.3. The molecule has 0 unspecified atom stereocenters. The molecule has 0 aromatic rings. The summed E-state index contributed by atoms with van der Waals surface area (Å²) in [4.78, 5) is 23.7. The molecule has 0 aromatic heterocycles. The fourth-order valence-electron chi connectivity index (χ4n) is 5.03. The van der Waals surface area contributed by atoms with Crippen LogP contribution >= 0.6 is 6.83 Å². The Kier molecular flexibility index (Phi) is 19.3. The summed E-state index contributed by atoms with van der Waals surface area (Å²) >= 11 is 0. The van der Waals surface area contributed by atoms with E-state index in [1.807, 2.05) is 0 Å². The van der Waals surface area contributed by atoms with Gasteiger partial charge in [-0.3, -0.25) is 4.79 Å². The first-order valence-corrected chi connectivity index (χ1v) is 17.2. The predicted molar refractivity (Wildman–Crippen MR) is 146 cm³/mol. The molecule has 0 bridgehead atoms. The normalized spacial score (nSPS) is 12.9. The number of carbonyl (C=O) groups is 2. The maximum absolute atomic E-state index is 13.1. The van der Waals surface area contributed by atoms with Gasteiger partial charge in [0.1, 0.15) is 0 Å². The van der Waals surface area contributed by atoms with E-state index in [-0.39, 0.29) is 5.97 Å². The standard InChI is InChI=1S/C28H57O4P/c1-5-9-23-33(24-10-6-2,25-11-7-3,26-12-8-4)32-28(31)22-20-18-16-14-13-15-17-19-21-27(29)30/h5-26H2,1-4H3,(H,29,30). The average molecular weight is 489 g/mol. The number of rotatable bonds is 24. The van der Waals surface area contributed by atoms with Gasteiger partial charge in [-0.25, -0.2) is 0 Å². The zero-order valence-corrected chi connectivity index (χ0v) is 23.6. The molecule has 0 saturated heterocycles. The van der Waals surface area contributed by atoms with Gasteiger partial charge < -0.3 is 5.11 Å². The van der Waals surface area contributed by atoms with E-state index < -0.39 is 12.8 Å². The second kappa shape index (κ2) is 19.7. The molecule has 5 heteroatoms. The van der Waals surface area contributed by atoms with E-state index in [4.69, 9.17) is 9.63 Å². The second-order valence-corrected chi connectivity index (χ2v) is 16.0. The van der Waals surface area contributed by atoms with Gasteiger partial charge >= 0.3 is 196 Å². The summed E-state index contributed by atoms with van der Waals surface area (Å²) in [6.45, 7) is 6.57. The van der Waals surface area contributed by atoms with Gasteiger partial charge in [-0.1, -0.05) is 0 Å². The molecule has 0 radical (unpaired) electrons. The molecule has 0 aliphatic rings. The smallest absolute Gasteiger partial charge is 0.481 e. The van der Waals surface area contributed by atoms with Crippen LogP contribution in [0.15, 0.2) is 0 Å². The second-order valence-electron chi connectivity index (χ2n) is 10.4. The van der Waals surface area contributed by atoms with Crippen molar-refractivity contribution in [3.63, 3.8) is 0 Å². The van der Waals surface area contributed by atoms with E-state index in [1.165, 1.54) is 64.2 Å². The Bertz CT molecular complexity index is 463. The fraction of sp³-hybridized carbons (Fsp3) is 0.929.